The molecule has 0 fully saturated rings. The summed E-state index contributed by atoms with van der Waals surface area (Å²) in [4.78, 5) is 29.3. The molecule has 0 aliphatic carbocycles. The van der Waals surface area contributed by atoms with E-state index in [0.29, 0.717) is 0 Å². The normalized spacial score (nSPS) is 6.67. The summed E-state index contributed by atoms with van der Waals surface area (Å²) in [6.45, 7) is 0. The zero-order chi connectivity index (χ0) is 4.50. The van der Waals surface area contributed by atoms with Gasteiger partial charge in [-0.3, -0.25) is 0 Å². The first-order valence-electron chi connectivity index (χ1n) is 0.894. The average Bonchev–Trinajstić information content (AvgIpc) is 0.722. The van der Waals surface area contributed by atoms with Crippen molar-refractivity contribution < 1.29 is 19.2 Å². The van der Waals surface area contributed by atoms with Gasteiger partial charge in [-0.15, -0.1) is 0 Å². The smallest absolute Gasteiger partial charge is 0.316 e. The van der Waals surface area contributed by atoms with Gasteiger partial charge in [0.15, 0.2) is 17.4 Å². The molecular weight excluding hydrogens is 377 g/mol. The van der Waals surface area contributed by atoms with Gasteiger partial charge in [-0.1, -0.05) is 0 Å². The van der Waals surface area contributed by atoms with Crippen LogP contribution in [0.15, 0.2) is 0 Å². The minimum Gasteiger partial charge on any atom is 0.316 e. The van der Waals surface area contributed by atoms with E-state index in [0.717, 1.165) is 0 Å². The van der Waals surface area contributed by atoms with E-state index in [4.69, 9.17) is 19.2 Å². The Hall–Kier alpha value is 3.00. The molecule has 0 rings (SSSR count). The second-order valence-electron chi connectivity index (χ2n) is 0.600. The van der Waals surface area contributed by atoms with E-state index in [1.54, 1.807) is 0 Å². The summed E-state index contributed by atoms with van der Waals surface area (Å²) in [6, 6.07) is 0. The molecule has 4 nitrogen and oxygen atoms in total. The van der Waals surface area contributed by atoms with E-state index in [1.807, 2.05) is 0 Å². The summed E-state index contributed by atoms with van der Waals surface area (Å²) in [5, 5.41) is 0. The largest absolute Gasteiger partial charge is 0.316 e. The van der Waals surface area contributed by atoms with E-state index >= 15 is 0 Å². The maximum atomic E-state index is 7.33. The molecule has 9 heteroatoms. The summed E-state index contributed by atoms with van der Waals surface area (Å²) in [7, 11) is -4.61. The zero-order valence-corrected chi connectivity index (χ0v) is 9.49. The molecule has 0 aliphatic rings. The molecule has 0 atom stereocenters. The van der Waals surface area contributed by atoms with Crippen LogP contribution in [0.3, 0.4) is 0 Å². The van der Waals surface area contributed by atoms with Crippen LogP contribution < -0.4 is 0 Å². The quantitative estimate of drug-likeness (QED) is 0.310. The number of hydrogen-bond donors (Lipinski definition) is 4. The van der Waals surface area contributed by atoms with Crippen LogP contribution in [-0.4, -0.2) is 118 Å². The molecule has 0 unspecified atom stereocenters. The summed E-state index contributed by atoms with van der Waals surface area (Å²) in [5.41, 5.74) is 0. The first-order chi connectivity index (χ1) is 2.00. The van der Waals surface area contributed by atoms with Crippen molar-refractivity contribution in [2.45, 2.75) is 0 Å². The topological polar surface area (TPSA) is 80.9 Å². The fraction of sp³-hybridized carbons (Fsp3) is 0. The van der Waals surface area contributed by atoms with Gasteiger partial charge in [0.05, 0.1) is 0 Å². The van der Waals surface area contributed by atoms with E-state index in [2.05, 4.69) is 0 Å². The van der Waals surface area contributed by atoms with Crippen molar-refractivity contribution in [2.24, 2.45) is 0 Å². The van der Waals surface area contributed by atoms with Crippen molar-refractivity contribution in [3.8, 4) is 0 Å². The first-order valence-corrected chi connectivity index (χ1v) is 2.68. The molecule has 0 bridgehead atoms. The second-order valence-corrected chi connectivity index (χ2v) is 1.80. The van der Waals surface area contributed by atoms with E-state index in [-0.39, 0.29) is 89.7 Å². The van der Waals surface area contributed by atoms with Crippen molar-refractivity contribution >= 4 is 98.7 Å². The van der Waals surface area contributed by atoms with Crippen LogP contribution in [0.4, 0.5) is 0 Å². The Morgan fingerprint density at radius 2 is 0.778 bits per heavy atom. The van der Waals surface area contributed by atoms with Crippen LogP contribution in [0, 0.1) is 0 Å². The monoisotopic (exact) mass is 390 g/mol. The molecule has 0 heterocycles. The fourth-order valence-electron chi connectivity index (χ4n) is 0. The van der Waals surface area contributed by atoms with Crippen molar-refractivity contribution in [1.29, 1.82) is 0 Å². The minimum absolute atomic E-state index is 0. The van der Waals surface area contributed by atoms with Gasteiger partial charge in [-0.25, -0.2) is 0 Å². The van der Waals surface area contributed by atoms with Gasteiger partial charge in [0, 0.05) is 0 Å². The number of hydrogen-bond acceptors (Lipinski definition) is 4. The Morgan fingerprint density at radius 3 is 0.778 bits per heavy atom. The van der Waals surface area contributed by atoms with Crippen molar-refractivity contribution in [1.82, 2.24) is 0 Å². The molecule has 0 aromatic heterocycles. The van der Waals surface area contributed by atoms with Crippen LogP contribution in [0.2, 0.25) is 0 Å². The molecule has 0 radical (unpaired) electrons. The minimum atomic E-state index is -4.61. The Kier molecular flexibility index (Phi) is 44.7. The van der Waals surface area contributed by atoms with Crippen molar-refractivity contribution in [3.05, 3.63) is 0 Å². The van der Waals surface area contributed by atoms with Crippen molar-refractivity contribution in [2.75, 3.05) is 0 Å². The second kappa shape index (κ2) is 13.6. The molecule has 0 amide bonds. The Bertz CT molecular complexity index is 34.0. The number of rotatable bonds is 0. The third-order valence-electron chi connectivity index (χ3n) is 0. The van der Waals surface area contributed by atoms with Crippen LogP contribution in [0.25, 0.3) is 0 Å². The summed E-state index contributed by atoms with van der Waals surface area (Å²) < 4.78 is 0. The third-order valence-corrected chi connectivity index (χ3v) is 0. The maximum absolute atomic E-state index is 7.33. The molecule has 0 saturated heterocycles. The van der Waals surface area contributed by atoms with Crippen LogP contribution in [0.1, 0.15) is 0 Å². The standard InChI is InChI=1S/Al.Bi.2Mg.H4O4Si.10H/c;;;;1-5(2,3)4;;;;;;;;;;/h;;;;1-4H;;;;;;;;;;. The van der Waals surface area contributed by atoms with Crippen LogP contribution in [0.5, 0.6) is 0 Å². The molecule has 9 heavy (non-hydrogen) atoms. The molecule has 54 valence electrons. The predicted octanol–water partition coefficient (Wildman–Crippen LogP) is -6.81. The Labute approximate surface area is 116 Å². The van der Waals surface area contributed by atoms with Gasteiger partial charge in [0.25, 0.3) is 0 Å². The molecule has 4 N–H and O–H groups in total. The van der Waals surface area contributed by atoms with Gasteiger partial charge in [-0.2, -0.15) is 0 Å². The van der Waals surface area contributed by atoms with E-state index < -0.39 is 9.05 Å². The Balaban J connectivity index is -0.0000000133. The average molecular weight is 391 g/mol. The van der Waals surface area contributed by atoms with Gasteiger partial charge in [0.2, 0.25) is 0 Å². The third kappa shape index (κ3) is 98.8. The van der Waals surface area contributed by atoms with Crippen molar-refractivity contribution in [3.63, 3.8) is 0 Å². The van der Waals surface area contributed by atoms with Gasteiger partial charge < -0.3 is 19.2 Å². The van der Waals surface area contributed by atoms with Crippen LogP contribution in [-0.2, 0) is 0 Å². The zero-order valence-electron chi connectivity index (χ0n) is 3.00. The van der Waals surface area contributed by atoms with Crippen LogP contribution >= 0.6 is 0 Å². The fourth-order valence-corrected chi connectivity index (χ4v) is 0. The summed E-state index contributed by atoms with van der Waals surface area (Å²) in [6.07, 6.45) is 0. The molecule has 0 aromatic carbocycles. The summed E-state index contributed by atoms with van der Waals surface area (Å²) in [5.74, 6) is 0. The molecular formula is H14AlBiMg2O4Si. The van der Waals surface area contributed by atoms with Gasteiger partial charge in [-0.05, 0) is 0 Å². The molecule has 0 saturated carbocycles. The predicted molar refractivity (Wildman–Crippen MR) is 51.6 cm³/mol. The first kappa shape index (κ1) is 29.6. The molecule has 0 spiro atoms. The van der Waals surface area contributed by atoms with E-state index in [1.165, 1.54) is 0 Å². The Morgan fingerprint density at radius 1 is 0.778 bits per heavy atom. The summed E-state index contributed by atoms with van der Waals surface area (Å²) >= 11 is 0. The SMILES string of the molecule is O[Si](O)(O)O.[AlH3].[BiH3].[MgH2].[MgH2]. The van der Waals surface area contributed by atoms with Gasteiger partial charge in [0.1, 0.15) is 0 Å². The van der Waals surface area contributed by atoms with E-state index in [9.17, 15) is 0 Å². The molecule has 0 aromatic rings. The van der Waals surface area contributed by atoms with Gasteiger partial charge >= 0.3 is 81.4 Å². The maximum Gasteiger partial charge on any atom is 0.316 e. The molecule has 0 aliphatic heterocycles.